The highest BCUT2D eigenvalue weighted by molar-refractivity contribution is 5.96. The summed E-state index contributed by atoms with van der Waals surface area (Å²) in [7, 11) is 1.63. The Morgan fingerprint density at radius 1 is 0.857 bits per heavy atom. The molecule has 35 heavy (non-hydrogen) atoms. The van der Waals surface area contributed by atoms with E-state index in [-0.39, 0.29) is 18.4 Å². The fourth-order valence-corrected chi connectivity index (χ4v) is 3.47. The minimum atomic E-state index is -0.209. The summed E-state index contributed by atoms with van der Waals surface area (Å²) in [5, 5.41) is 8.83. The Morgan fingerprint density at radius 2 is 1.66 bits per heavy atom. The molecule has 7 heteroatoms. The zero-order chi connectivity index (χ0) is 24.7. The van der Waals surface area contributed by atoms with E-state index in [4.69, 9.17) is 9.47 Å². The van der Waals surface area contributed by atoms with Gasteiger partial charge in [-0.25, -0.2) is 0 Å². The van der Waals surface area contributed by atoms with Crippen LogP contribution in [0.5, 0.6) is 5.75 Å². The molecule has 3 rings (SSSR count). The molecule has 3 aromatic carbocycles. The Bertz CT molecular complexity index is 1070. The number of hydrogen-bond acceptors (Lipinski definition) is 5. The van der Waals surface area contributed by atoms with Crippen molar-refractivity contribution in [2.45, 2.75) is 19.3 Å². The highest BCUT2D eigenvalue weighted by Gasteiger charge is 2.09. The maximum absolute atomic E-state index is 12.6. The average Bonchev–Trinajstić information content (AvgIpc) is 2.89. The highest BCUT2D eigenvalue weighted by Crippen LogP contribution is 2.24. The number of hydrogen-bond donors (Lipinski definition) is 3. The summed E-state index contributed by atoms with van der Waals surface area (Å²) in [6.07, 6.45) is 2.56. The molecule has 0 radical (unpaired) electrons. The van der Waals surface area contributed by atoms with Crippen LogP contribution in [0.25, 0.3) is 0 Å². The fraction of sp³-hybridized carbons (Fsp3) is 0.286. The number of benzene rings is 3. The molecule has 7 nitrogen and oxygen atoms in total. The van der Waals surface area contributed by atoms with E-state index in [0.717, 1.165) is 19.3 Å². The molecule has 0 bridgehead atoms. The van der Waals surface area contributed by atoms with Crippen molar-refractivity contribution < 1.29 is 19.1 Å². The Labute approximate surface area is 206 Å². The third-order valence-electron chi connectivity index (χ3n) is 5.26. The topological polar surface area (TPSA) is 88.7 Å². The van der Waals surface area contributed by atoms with E-state index in [9.17, 15) is 9.59 Å². The van der Waals surface area contributed by atoms with Crippen molar-refractivity contribution in [3.8, 4) is 5.75 Å². The van der Waals surface area contributed by atoms with Gasteiger partial charge in [-0.05, 0) is 55.2 Å². The number of carbonyl (C=O) groups is 2. The summed E-state index contributed by atoms with van der Waals surface area (Å²) >= 11 is 0. The molecule has 0 fully saturated rings. The molecular weight excluding hydrogens is 442 g/mol. The van der Waals surface area contributed by atoms with Crippen LogP contribution in [0.15, 0.2) is 78.9 Å². The van der Waals surface area contributed by atoms with Gasteiger partial charge in [0.15, 0.2) is 0 Å². The second-order valence-corrected chi connectivity index (χ2v) is 8.02. The minimum Gasteiger partial charge on any atom is -0.491 e. The lowest BCUT2D eigenvalue weighted by molar-refractivity contribution is -0.114. The number of amides is 2. The van der Waals surface area contributed by atoms with E-state index in [1.807, 2.05) is 48.5 Å². The number of carbonyl (C=O) groups excluding carboxylic acids is 2. The van der Waals surface area contributed by atoms with Crippen molar-refractivity contribution in [2.75, 3.05) is 44.0 Å². The van der Waals surface area contributed by atoms with Crippen LogP contribution in [0.2, 0.25) is 0 Å². The molecule has 0 heterocycles. The van der Waals surface area contributed by atoms with Crippen LogP contribution in [-0.2, 0) is 16.0 Å². The number of rotatable bonds is 14. The number of ether oxygens (including phenoxy) is 2. The van der Waals surface area contributed by atoms with Crippen molar-refractivity contribution in [1.82, 2.24) is 5.32 Å². The van der Waals surface area contributed by atoms with Crippen LogP contribution in [0.1, 0.15) is 28.8 Å². The molecular formula is C28H33N3O4. The van der Waals surface area contributed by atoms with Crippen LogP contribution in [-0.4, -0.2) is 45.2 Å². The van der Waals surface area contributed by atoms with Gasteiger partial charge in [0.05, 0.1) is 18.8 Å². The Hall–Kier alpha value is -3.84. The second kappa shape index (κ2) is 14.4. The van der Waals surface area contributed by atoms with Crippen LogP contribution < -0.4 is 20.7 Å². The lowest BCUT2D eigenvalue weighted by atomic mass is 10.1. The summed E-state index contributed by atoms with van der Waals surface area (Å²) in [4.78, 5) is 24.8. The number of para-hydroxylation sites is 2. The molecule has 0 saturated heterocycles. The van der Waals surface area contributed by atoms with Crippen LogP contribution in [0.4, 0.5) is 11.4 Å². The van der Waals surface area contributed by atoms with Crippen molar-refractivity contribution in [3.63, 3.8) is 0 Å². The zero-order valence-corrected chi connectivity index (χ0v) is 20.1. The minimum absolute atomic E-state index is 0.0568. The van der Waals surface area contributed by atoms with Gasteiger partial charge in [0.2, 0.25) is 5.91 Å². The van der Waals surface area contributed by atoms with E-state index in [2.05, 4.69) is 28.1 Å². The maximum Gasteiger partial charge on any atom is 0.251 e. The summed E-state index contributed by atoms with van der Waals surface area (Å²) in [5.41, 5.74) is 3.12. The molecule has 3 N–H and O–H groups in total. The first kappa shape index (κ1) is 25.8. The molecule has 0 unspecified atom stereocenters. The molecule has 0 aliphatic rings. The number of anilines is 2. The molecule has 0 aliphatic carbocycles. The normalized spacial score (nSPS) is 10.4. The maximum atomic E-state index is 12.6. The van der Waals surface area contributed by atoms with E-state index < -0.39 is 0 Å². The Kier molecular flexibility index (Phi) is 10.6. The molecule has 2 amide bonds. The van der Waals surface area contributed by atoms with Crippen LogP contribution in [0.3, 0.4) is 0 Å². The molecule has 0 aromatic heterocycles. The van der Waals surface area contributed by atoms with Crippen molar-refractivity contribution in [2.24, 2.45) is 0 Å². The second-order valence-electron chi connectivity index (χ2n) is 8.02. The van der Waals surface area contributed by atoms with Gasteiger partial charge in [0, 0.05) is 31.5 Å². The molecule has 0 atom stereocenters. The van der Waals surface area contributed by atoms with Gasteiger partial charge in [-0.3, -0.25) is 9.59 Å². The first-order chi connectivity index (χ1) is 17.2. The summed E-state index contributed by atoms with van der Waals surface area (Å²) in [5.74, 6) is 0.272. The van der Waals surface area contributed by atoms with Crippen LogP contribution >= 0.6 is 0 Å². The van der Waals surface area contributed by atoms with Gasteiger partial charge in [0.25, 0.3) is 5.91 Å². The molecule has 3 aromatic rings. The number of nitrogens with one attached hydrogen (secondary N) is 3. The van der Waals surface area contributed by atoms with Gasteiger partial charge in [-0.15, -0.1) is 0 Å². The van der Waals surface area contributed by atoms with E-state index in [1.165, 1.54) is 5.56 Å². The summed E-state index contributed by atoms with van der Waals surface area (Å²) in [6.45, 7) is 1.75. The predicted octanol–water partition coefficient (Wildman–Crippen LogP) is 4.52. The lowest BCUT2D eigenvalue weighted by Gasteiger charge is -2.13. The quantitative estimate of drug-likeness (QED) is 0.299. The monoisotopic (exact) mass is 475 g/mol. The standard InChI is InChI=1S/C28H33N3O4/c1-34-18-9-17-29-28(33)23-13-7-14-24(20-23)30-21-27(32)31-25-15-5-6-16-26(25)35-19-8-12-22-10-3-2-4-11-22/h2-7,10-11,13-16,20,30H,8-9,12,17-19,21H2,1H3,(H,29,33)(H,31,32). The van der Waals surface area contributed by atoms with E-state index >= 15 is 0 Å². The third kappa shape index (κ3) is 9.14. The SMILES string of the molecule is COCCCNC(=O)c1cccc(NCC(=O)Nc2ccccc2OCCCc2ccccc2)c1. The van der Waals surface area contributed by atoms with Gasteiger partial charge < -0.3 is 25.4 Å². The van der Waals surface area contributed by atoms with E-state index in [0.29, 0.717) is 42.4 Å². The third-order valence-corrected chi connectivity index (χ3v) is 5.26. The Morgan fingerprint density at radius 3 is 2.49 bits per heavy atom. The van der Waals surface area contributed by atoms with Crippen molar-refractivity contribution >= 4 is 23.2 Å². The number of methoxy groups -OCH3 is 1. The molecule has 0 spiro atoms. The lowest BCUT2D eigenvalue weighted by Crippen LogP contribution is -2.25. The van der Waals surface area contributed by atoms with Gasteiger partial charge >= 0.3 is 0 Å². The van der Waals surface area contributed by atoms with Crippen LogP contribution in [0, 0.1) is 0 Å². The van der Waals surface area contributed by atoms with Gasteiger partial charge in [-0.1, -0.05) is 48.5 Å². The molecule has 184 valence electrons. The summed E-state index contributed by atoms with van der Waals surface area (Å²) < 4.78 is 10.9. The molecule has 0 aliphatic heterocycles. The smallest absolute Gasteiger partial charge is 0.251 e. The Balaban J connectivity index is 1.45. The van der Waals surface area contributed by atoms with Gasteiger partial charge in [0.1, 0.15) is 5.75 Å². The first-order valence-electron chi connectivity index (χ1n) is 11.8. The van der Waals surface area contributed by atoms with Crippen molar-refractivity contribution in [1.29, 1.82) is 0 Å². The first-order valence-corrected chi connectivity index (χ1v) is 11.8. The molecule has 0 saturated carbocycles. The zero-order valence-electron chi connectivity index (χ0n) is 20.1. The largest absolute Gasteiger partial charge is 0.491 e. The highest BCUT2D eigenvalue weighted by atomic mass is 16.5. The summed E-state index contributed by atoms with van der Waals surface area (Å²) in [6, 6.07) is 24.7. The predicted molar refractivity (Wildman–Crippen MR) is 139 cm³/mol. The fourth-order valence-electron chi connectivity index (χ4n) is 3.47. The van der Waals surface area contributed by atoms with E-state index in [1.54, 1.807) is 25.3 Å². The average molecular weight is 476 g/mol. The van der Waals surface area contributed by atoms with Crippen molar-refractivity contribution in [3.05, 3.63) is 90.0 Å². The number of aryl methyl sites for hydroxylation is 1. The van der Waals surface area contributed by atoms with Gasteiger partial charge in [-0.2, -0.15) is 0 Å².